The molecule has 1 unspecified atom stereocenters. The van der Waals surface area contributed by atoms with Crippen molar-refractivity contribution in [1.82, 2.24) is 24.2 Å². The summed E-state index contributed by atoms with van der Waals surface area (Å²) in [6, 6.07) is 8.84. The summed E-state index contributed by atoms with van der Waals surface area (Å²) in [7, 11) is 4.17. The molecule has 0 N–H and O–H groups in total. The molecule has 3 heterocycles. The predicted octanol–water partition coefficient (Wildman–Crippen LogP) is 3.58. The van der Waals surface area contributed by atoms with Gasteiger partial charge in [-0.05, 0) is 56.3 Å². The maximum absolute atomic E-state index is 13.3. The third-order valence-electron chi connectivity index (χ3n) is 6.62. The molecule has 0 radical (unpaired) electrons. The molecule has 6 nitrogen and oxygen atoms in total. The van der Waals surface area contributed by atoms with Crippen molar-refractivity contribution < 1.29 is 0 Å². The van der Waals surface area contributed by atoms with Crippen LogP contribution in [-0.2, 0) is 32.9 Å². The van der Waals surface area contributed by atoms with E-state index in [4.69, 9.17) is 0 Å². The van der Waals surface area contributed by atoms with Crippen LogP contribution in [0.2, 0.25) is 0 Å². The zero-order chi connectivity index (χ0) is 22.2. The van der Waals surface area contributed by atoms with Crippen LogP contribution in [0.5, 0.6) is 0 Å². The van der Waals surface area contributed by atoms with Gasteiger partial charge >= 0.3 is 0 Å². The molecule has 0 fully saturated rings. The minimum absolute atomic E-state index is 0.0939. The summed E-state index contributed by atoms with van der Waals surface area (Å²) in [5.41, 5.74) is 4.95. The van der Waals surface area contributed by atoms with Crippen LogP contribution in [0.4, 0.5) is 0 Å². The van der Waals surface area contributed by atoms with E-state index in [1.165, 1.54) is 21.6 Å². The number of benzene rings is 1. The van der Waals surface area contributed by atoms with Gasteiger partial charge in [0.25, 0.3) is 5.56 Å². The molecule has 4 aromatic rings. The molecular weight excluding hydrogens is 418 g/mol. The molecule has 166 valence electrons. The van der Waals surface area contributed by atoms with Crippen LogP contribution in [0, 0.1) is 6.92 Å². The second-order valence-electron chi connectivity index (χ2n) is 9.00. The molecule has 32 heavy (non-hydrogen) atoms. The molecule has 3 aromatic heterocycles. The Kier molecular flexibility index (Phi) is 5.69. The summed E-state index contributed by atoms with van der Waals surface area (Å²) in [5.74, 6) is 0. The summed E-state index contributed by atoms with van der Waals surface area (Å²) in [6.07, 6.45) is 9.78. The Morgan fingerprint density at radius 2 is 2.03 bits per heavy atom. The third kappa shape index (κ3) is 4.14. The highest BCUT2D eigenvalue weighted by Gasteiger charge is 2.27. The van der Waals surface area contributed by atoms with Crippen LogP contribution >= 0.6 is 11.3 Å². The topological polar surface area (TPSA) is 56.0 Å². The molecule has 0 aliphatic heterocycles. The Labute approximate surface area is 192 Å². The lowest BCUT2D eigenvalue weighted by atomic mass is 9.92. The average molecular weight is 448 g/mol. The molecule has 0 bridgehead atoms. The van der Waals surface area contributed by atoms with E-state index in [1.807, 2.05) is 17.9 Å². The van der Waals surface area contributed by atoms with Crippen molar-refractivity contribution in [1.29, 1.82) is 0 Å². The first-order valence-corrected chi connectivity index (χ1v) is 12.0. The predicted molar refractivity (Wildman–Crippen MR) is 130 cm³/mol. The average Bonchev–Trinajstić information content (AvgIpc) is 3.38. The van der Waals surface area contributed by atoms with E-state index >= 15 is 0 Å². The highest BCUT2D eigenvalue weighted by molar-refractivity contribution is 7.18. The molecule has 5 rings (SSSR count). The molecule has 0 saturated heterocycles. The Balaban J connectivity index is 1.34. The van der Waals surface area contributed by atoms with Crippen LogP contribution in [0.25, 0.3) is 10.2 Å². The maximum atomic E-state index is 13.3. The van der Waals surface area contributed by atoms with Crippen molar-refractivity contribution in [2.75, 3.05) is 13.6 Å². The fourth-order valence-electron chi connectivity index (χ4n) is 4.65. The molecule has 1 aromatic carbocycles. The molecule has 1 atom stereocenters. The van der Waals surface area contributed by atoms with Gasteiger partial charge in [-0.2, -0.15) is 5.10 Å². The lowest BCUT2D eigenvalue weighted by molar-refractivity contribution is 0.226. The number of aryl methyl sites for hydroxylation is 3. The van der Waals surface area contributed by atoms with Crippen LogP contribution < -0.4 is 5.56 Å². The minimum Gasteiger partial charge on any atom is -0.303 e. The van der Waals surface area contributed by atoms with E-state index in [1.54, 1.807) is 22.2 Å². The Hall–Kier alpha value is -2.77. The van der Waals surface area contributed by atoms with Gasteiger partial charge in [0.1, 0.15) is 4.83 Å². The van der Waals surface area contributed by atoms with E-state index in [0.29, 0.717) is 12.6 Å². The maximum Gasteiger partial charge on any atom is 0.262 e. The largest absolute Gasteiger partial charge is 0.303 e. The second-order valence-corrected chi connectivity index (χ2v) is 10.1. The Morgan fingerprint density at radius 1 is 1.22 bits per heavy atom. The van der Waals surface area contributed by atoms with Gasteiger partial charge in [-0.15, -0.1) is 11.3 Å². The Morgan fingerprint density at radius 3 is 2.78 bits per heavy atom. The highest BCUT2D eigenvalue weighted by Crippen LogP contribution is 2.35. The number of likely N-dealkylation sites (N-methyl/N-ethyl adjacent to an activating group) is 1. The van der Waals surface area contributed by atoms with E-state index in [0.717, 1.165) is 48.0 Å². The van der Waals surface area contributed by atoms with E-state index in [9.17, 15) is 4.79 Å². The van der Waals surface area contributed by atoms with Gasteiger partial charge in [-0.3, -0.25) is 14.0 Å². The van der Waals surface area contributed by atoms with Crippen molar-refractivity contribution >= 4 is 21.6 Å². The number of rotatable bonds is 6. The zero-order valence-electron chi connectivity index (χ0n) is 18.9. The summed E-state index contributed by atoms with van der Waals surface area (Å²) < 4.78 is 3.62. The summed E-state index contributed by atoms with van der Waals surface area (Å²) in [6.45, 7) is 3.65. The van der Waals surface area contributed by atoms with Gasteiger partial charge in [0.05, 0.1) is 24.5 Å². The van der Waals surface area contributed by atoms with Crippen LogP contribution in [0.1, 0.15) is 33.6 Å². The van der Waals surface area contributed by atoms with Gasteiger partial charge in [0.15, 0.2) is 0 Å². The molecular formula is C25H29N5OS. The highest BCUT2D eigenvalue weighted by atomic mass is 32.1. The third-order valence-corrected chi connectivity index (χ3v) is 7.78. The summed E-state index contributed by atoms with van der Waals surface area (Å²) in [4.78, 5) is 22.7. The number of fused-ring (bicyclic) bond motifs is 3. The summed E-state index contributed by atoms with van der Waals surface area (Å²) in [5, 5.41) is 5.11. The van der Waals surface area contributed by atoms with Crippen molar-refractivity contribution in [3.8, 4) is 0 Å². The van der Waals surface area contributed by atoms with Gasteiger partial charge in [-0.1, -0.05) is 29.8 Å². The molecule has 1 aliphatic rings. The number of aromatic nitrogens is 4. The van der Waals surface area contributed by atoms with Crippen molar-refractivity contribution in [3.05, 3.63) is 80.5 Å². The van der Waals surface area contributed by atoms with E-state index < -0.39 is 0 Å². The van der Waals surface area contributed by atoms with Gasteiger partial charge in [-0.25, -0.2) is 4.98 Å². The first-order chi connectivity index (χ1) is 15.5. The SMILES string of the molecule is Cc1ccc(Cn2cnc3sc4c(c3c2=O)CCC(N(C)CCc2cnn(C)c2)C4)cc1. The monoisotopic (exact) mass is 447 g/mol. The number of hydrogen-bond donors (Lipinski definition) is 0. The van der Waals surface area contributed by atoms with Gasteiger partial charge in [0, 0.05) is 30.7 Å². The van der Waals surface area contributed by atoms with Crippen molar-refractivity contribution in [3.63, 3.8) is 0 Å². The van der Waals surface area contributed by atoms with Crippen LogP contribution in [0.15, 0.2) is 47.8 Å². The van der Waals surface area contributed by atoms with E-state index in [-0.39, 0.29) is 5.56 Å². The smallest absolute Gasteiger partial charge is 0.262 e. The van der Waals surface area contributed by atoms with Crippen molar-refractivity contribution in [2.24, 2.45) is 7.05 Å². The lowest BCUT2D eigenvalue weighted by Crippen LogP contribution is -2.37. The lowest BCUT2D eigenvalue weighted by Gasteiger charge is -2.31. The number of thiophene rings is 1. The quantitative estimate of drug-likeness (QED) is 0.453. The molecule has 1 aliphatic carbocycles. The van der Waals surface area contributed by atoms with Crippen LogP contribution in [-0.4, -0.2) is 43.9 Å². The first-order valence-electron chi connectivity index (χ1n) is 11.2. The zero-order valence-corrected chi connectivity index (χ0v) is 19.7. The normalized spacial score (nSPS) is 16.1. The van der Waals surface area contributed by atoms with Crippen molar-refractivity contribution in [2.45, 2.75) is 45.2 Å². The fraction of sp³-hybridized carbons (Fsp3) is 0.400. The van der Waals surface area contributed by atoms with Gasteiger partial charge < -0.3 is 4.90 Å². The standard InChI is InChI=1S/C25H29N5OS/c1-17-4-6-18(7-5-17)15-30-16-26-24-23(25(30)31)21-9-8-20(12-22(21)32-24)28(2)11-10-19-13-27-29(3)14-19/h4-7,13-14,16,20H,8-12,15H2,1-3H3. The van der Waals surface area contributed by atoms with Crippen LogP contribution in [0.3, 0.4) is 0 Å². The molecule has 0 spiro atoms. The molecule has 0 amide bonds. The first kappa shape index (κ1) is 21.1. The summed E-state index contributed by atoms with van der Waals surface area (Å²) >= 11 is 1.71. The number of hydrogen-bond acceptors (Lipinski definition) is 5. The number of nitrogens with zero attached hydrogens (tertiary/aromatic N) is 5. The van der Waals surface area contributed by atoms with E-state index in [2.05, 4.69) is 59.4 Å². The second kappa shape index (κ2) is 8.64. The Bertz CT molecular complexity index is 1300. The molecule has 0 saturated carbocycles. The fourth-order valence-corrected chi connectivity index (χ4v) is 5.90. The minimum atomic E-state index is 0.0939. The molecule has 7 heteroatoms. The van der Waals surface area contributed by atoms with Gasteiger partial charge in [0.2, 0.25) is 0 Å².